The Morgan fingerprint density at radius 3 is 2.70 bits per heavy atom. The molecule has 1 N–H and O–H groups in total. The maximum absolute atomic E-state index is 9.04. The molecule has 20 heavy (non-hydrogen) atoms. The highest BCUT2D eigenvalue weighted by molar-refractivity contribution is 5.44. The van der Waals surface area contributed by atoms with E-state index in [-0.39, 0.29) is 11.5 Å². The quantitative estimate of drug-likeness (QED) is 0.917. The zero-order chi connectivity index (χ0) is 14.6. The number of ether oxygens (including phenoxy) is 2. The summed E-state index contributed by atoms with van der Waals surface area (Å²) in [5, 5.41) is 12.4. The number of rotatable bonds is 4. The normalized spacial score (nSPS) is 16.1. The van der Waals surface area contributed by atoms with Crippen molar-refractivity contribution in [2.75, 3.05) is 19.8 Å². The van der Waals surface area contributed by atoms with Crippen LogP contribution in [0.5, 0.6) is 11.5 Å². The first-order chi connectivity index (χ1) is 9.52. The van der Waals surface area contributed by atoms with Gasteiger partial charge >= 0.3 is 0 Å². The Kier molecular flexibility index (Phi) is 4.51. The molecule has 1 aliphatic heterocycles. The SMILES string of the molecule is CC(NCC(C)(C)C#N)c1ccc2c(c1)OCCCO2. The molecule has 0 saturated carbocycles. The molecule has 2 rings (SSSR count). The predicted octanol–water partition coefficient (Wildman–Crippen LogP) is 3.05. The molecule has 1 unspecified atom stereocenters. The number of benzene rings is 1. The Hall–Kier alpha value is -1.73. The Morgan fingerprint density at radius 2 is 2.00 bits per heavy atom. The monoisotopic (exact) mass is 274 g/mol. The van der Waals surface area contributed by atoms with Gasteiger partial charge < -0.3 is 14.8 Å². The number of hydrogen-bond acceptors (Lipinski definition) is 4. The summed E-state index contributed by atoms with van der Waals surface area (Å²) in [6, 6.07) is 8.50. The lowest BCUT2D eigenvalue weighted by Gasteiger charge is -2.21. The molecule has 0 radical (unpaired) electrons. The fraction of sp³-hybridized carbons (Fsp3) is 0.562. The number of nitrogens with zero attached hydrogens (tertiary/aromatic N) is 1. The van der Waals surface area contributed by atoms with Crippen molar-refractivity contribution in [3.8, 4) is 17.6 Å². The van der Waals surface area contributed by atoms with Crippen LogP contribution in [0.4, 0.5) is 0 Å². The van der Waals surface area contributed by atoms with E-state index in [1.165, 1.54) is 0 Å². The van der Waals surface area contributed by atoms with Crippen LogP contribution >= 0.6 is 0 Å². The van der Waals surface area contributed by atoms with Crippen molar-refractivity contribution < 1.29 is 9.47 Å². The van der Waals surface area contributed by atoms with E-state index in [0.29, 0.717) is 19.8 Å². The third-order valence-electron chi connectivity index (χ3n) is 3.42. The van der Waals surface area contributed by atoms with E-state index in [1.54, 1.807) is 0 Å². The third-order valence-corrected chi connectivity index (χ3v) is 3.42. The average Bonchev–Trinajstić information content (AvgIpc) is 2.69. The van der Waals surface area contributed by atoms with Crippen molar-refractivity contribution in [3.63, 3.8) is 0 Å². The maximum atomic E-state index is 9.04. The summed E-state index contributed by atoms with van der Waals surface area (Å²) in [6.07, 6.45) is 0.911. The largest absolute Gasteiger partial charge is 0.490 e. The second kappa shape index (κ2) is 6.15. The van der Waals surface area contributed by atoms with Gasteiger partial charge in [0.15, 0.2) is 11.5 Å². The second-order valence-electron chi connectivity index (χ2n) is 5.85. The highest BCUT2D eigenvalue weighted by Crippen LogP contribution is 2.32. The van der Waals surface area contributed by atoms with Crippen molar-refractivity contribution in [2.24, 2.45) is 5.41 Å². The smallest absolute Gasteiger partial charge is 0.161 e. The lowest BCUT2D eigenvalue weighted by atomic mass is 9.95. The molecule has 0 aliphatic carbocycles. The Labute approximate surface area is 120 Å². The zero-order valence-corrected chi connectivity index (χ0v) is 12.4. The molecular formula is C16H22N2O2. The average molecular weight is 274 g/mol. The van der Waals surface area contributed by atoms with Gasteiger partial charge in [0, 0.05) is 19.0 Å². The summed E-state index contributed by atoms with van der Waals surface area (Å²) in [5.74, 6) is 1.63. The van der Waals surface area contributed by atoms with Crippen molar-refractivity contribution >= 4 is 0 Å². The standard InChI is InChI=1S/C16H22N2O2/c1-12(18-11-16(2,3)10-17)13-5-6-14-15(9-13)20-8-4-7-19-14/h5-6,9,12,18H,4,7-8,11H2,1-3H3. The lowest BCUT2D eigenvalue weighted by molar-refractivity contribution is 0.297. The van der Waals surface area contributed by atoms with E-state index in [1.807, 2.05) is 32.0 Å². The van der Waals surface area contributed by atoms with E-state index in [4.69, 9.17) is 14.7 Å². The van der Waals surface area contributed by atoms with Crippen LogP contribution in [0.25, 0.3) is 0 Å². The minimum absolute atomic E-state index is 0.166. The Bertz CT molecular complexity index is 506. The fourth-order valence-electron chi connectivity index (χ4n) is 2.01. The van der Waals surface area contributed by atoms with Gasteiger partial charge in [-0.2, -0.15) is 5.26 Å². The molecule has 4 heteroatoms. The van der Waals surface area contributed by atoms with Crippen molar-refractivity contribution in [3.05, 3.63) is 23.8 Å². The molecule has 0 aromatic heterocycles. The number of nitriles is 1. The van der Waals surface area contributed by atoms with Gasteiger partial charge in [-0.15, -0.1) is 0 Å². The molecule has 1 aromatic rings. The Balaban J connectivity index is 2.05. The van der Waals surface area contributed by atoms with Crippen LogP contribution in [0.15, 0.2) is 18.2 Å². The lowest BCUT2D eigenvalue weighted by Crippen LogP contribution is -2.30. The molecule has 0 bridgehead atoms. The molecule has 0 fully saturated rings. The van der Waals surface area contributed by atoms with Crippen LogP contribution in [0, 0.1) is 16.7 Å². The molecule has 108 valence electrons. The summed E-state index contributed by atoms with van der Waals surface area (Å²) < 4.78 is 11.3. The molecule has 0 amide bonds. The maximum Gasteiger partial charge on any atom is 0.161 e. The first-order valence-electron chi connectivity index (χ1n) is 7.06. The van der Waals surface area contributed by atoms with Crippen molar-refractivity contribution in [1.82, 2.24) is 5.32 Å². The topological polar surface area (TPSA) is 54.3 Å². The number of hydrogen-bond donors (Lipinski definition) is 1. The molecule has 1 aromatic carbocycles. The van der Waals surface area contributed by atoms with Gasteiger partial charge in [-0.1, -0.05) is 6.07 Å². The van der Waals surface area contributed by atoms with E-state index >= 15 is 0 Å². The van der Waals surface area contributed by atoms with E-state index in [9.17, 15) is 0 Å². The van der Waals surface area contributed by atoms with Crippen LogP contribution in [0.2, 0.25) is 0 Å². The summed E-state index contributed by atoms with van der Waals surface area (Å²) in [4.78, 5) is 0. The van der Waals surface area contributed by atoms with Gasteiger partial charge in [0.1, 0.15) is 0 Å². The van der Waals surface area contributed by atoms with Gasteiger partial charge in [0.05, 0.1) is 24.7 Å². The van der Waals surface area contributed by atoms with Crippen molar-refractivity contribution in [1.29, 1.82) is 5.26 Å². The number of fused-ring (bicyclic) bond motifs is 1. The predicted molar refractivity (Wildman–Crippen MR) is 77.9 cm³/mol. The molecule has 0 spiro atoms. The van der Waals surface area contributed by atoms with E-state index < -0.39 is 0 Å². The first-order valence-corrected chi connectivity index (χ1v) is 7.06. The zero-order valence-electron chi connectivity index (χ0n) is 12.4. The van der Waals surface area contributed by atoms with Gasteiger partial charge in [0.2, 0.25) is 0 Å². The summed E-state index contributed by atoms with van der Waals surface area (Å²) in [7, 11) is 0. The van der Waals surface area contributed by atoms with Crippen LogP contribution in [-0.4, -0.2) is 19.8 Å². The highest BCUT2D eigenvalue weighted by Gasteiger charge is 2.19. The van der Waals surface area contributed by atoms with Gasteiger partial charge in [-0.3, -0.25) is 0 Å². The molecule has 1 heterocycles. The van der Waals surface area contributed by atoms with E-state index in [0.717, 1.165) is 23.5 Å². The summed E-state index contributed by atoms with van der Waals surface area (Å²) in [6.45, 7) is 8.00. The summed E-state index contributed by atoms with van der Waals surface area (Å²) in [5.41, 5.74) is 0.780. The fourth-order valence-corrected chi connectivity index (χ4v) is 2.01. The van der Waals surface area contributed by atoms with Crippen LogP contribution in [0.1, 0.15) is 38.8 Å². The molecular weight excluding hydrogens is 252 g/mol. The molecule has 0 saturated heterocycles. The molecule has 1 atom stereocenters. The number of nitrogens with one attached hydrogen (secondary N) is 1. The second-order valence-corrected chi connectivity index (χ2v) is 5.85. The van der Waals surface area contributed by atoms with Crippen LogP contribution < -0.4 is 14.8 Å². The van der Waals surface area contributed by atoms with Gasteiger partial charge in [-0.05, 0) is 38.5 Å². The highest BCUT2D eigenvalue weighted by atomic mass is 16.5. The van der Waals surface area contributed by atoms with Gasteiger partial charge in [0.25, 0.3) is 0 Å². The summed E-state index contributed by atoms with van der Waals surface area (Å²) >= 11 is 0. The van der Waals surface area contributed by atoms with Gasteiger partial charge in [-0.25, -0.2) is 0 Å². The third kappa shape index (κ3) is 3.64. The first kappa shape index (κ1) is 14.7. The van der Waals surface area contributed by atoms with Crippen LogP contribution in [0.3, 0.4) is 0 Å². The van der Waals surface area contributed by atoms with E-state index in [2.05, 4.69) is 18.3 Å². The minimum Gasteiger partial charge on any atom is -0.490 e. The Morgan fingerprint density at radius 1 is 1.30 bits per heavy atom. The van der Waals surface area contributed by atoms with Crippen molar-refractivity contribution in [2.45, 2.75) is 33.2 Å². The molecule has 4 nitrogen and oxygen atoms in total. The minimum atomic E-state index is -0.362. The van der Waals surface area contributed by atoms with Crippen LogP contribution in [-0.2, 0) is 0 Å². The molecule has 1 aliphatic rings.